The highest BCUT2D eigenvalue weighted by atomic mass is 127. The Hall–Kier alpha value is -1.18. The zero-order valence-corrected chi connectivity index (χ0v) is 17.0. The van der Waals surface area contributed by atoms with Crippen molar-refractivity contribution in [1.29, 1.82) is 0 Å². The molecular formula is C17H30IN3O2. The van der Waals surface area contributed by atoms with E-state index >= 15 is 0 Å². The summed E-state index contributed by atoms with van der Waals surface area (Å²) in [5.41, 5.74) is 1.12. The Bertz CT molecular complexity index is 467. The van der Waals surface area contributed by atoms with Crippen LogP contribution in [0.2, 0.25) is 0 Å². The Labute approximate surface area is 157 Å². The molecule has 23 heavy (non-hydrogen) atoms. The minimum absolute atomic E-state index is 0. The lowest BCUT2D eigenvalue weighted by atomic mass is 10.2. The average molecular weight is 435 g/mol. The van der Waals surface area contributed by atoms with Crippen LogP contribution in [0.3, 0.4) is 0 Å². The van der Waals surface area contributed by atoms with Gasteiger partial charge in [0.1, 0.15) is 0 Å². The van der Waals surface area contributed by atoms with Gasteiger partial charge in [0.25, 0.3) is 0 Å². The van der Waals surface area contributed by atoms with Crippen molar-refractivity contribution in [2.45, 2.75) is 39.7 Å². The molecule has 6 heteroatoms. The van der Waals surface area contributed by atoms with Gasteiger partial charge in [0.2, 0.25) is 0 Å². The largest absolute Gasteiger partial charge is 0.493 e. The number of hydrogen-bond acceptors (Lipinski definition) is 3. The van der Waals surface area contributed by atoms with Gasteiger partial charge in [0.05, 0.1) is 13.7 Å². The van der Waals surface area contributed by atoms with E-state index in [4.69, 9.17) is 9.47 Å². The molecule has 2 N–H and O–H groups in total. The molecule has 1 aromatic rings. The maximum Gasteiger partial charge on any atom is 0.191 e. The maximum atomic E-state index is 5.52. The summed E-state index contributed by atoms with van der Waals surface area (Å²) in [6.07, 6.45) is 3.62. The van der Waals surface area contributed by atoms with E-state index in [1.165, 1.54) is 12.8 Å². The Morgan fingerprint density at radius 3 is 2.52 bits per heavy atom. The molecule has 0 saturated heterocycles. The lowest BCUT2D eigenvalue weighted by molar-refractivity contribution is 0.310. The van der Waals surface area contributed by atoms with E-state index < -0.39 is 0 Å². The number of guanidine groups is 1. The fraction of sp³-hybridized carbons (Fsp3) is 0.588. The van der Waals surface area contributed by atoms with Crippen LogP contribution in [0.25, 0.3) is 0 Å². The molecule has 0 aliphatic carbocycles. The van der Waals surface area contributed by atoms with Crippen LogP contribution in [0, 0.1) is 0 Å². The minimum Gasteiger partial charge on any atom is -0.493 e. The molecule has 0 atom stereocenters. The van der Waals surface area contributed by atoms with Crippen LogP contribution in [-0.4, -0.2) is 33.3 Å². The zero-order chi connectivity index (χ0) is 16.2. The number of nitrogens with zero attached hydrogens (tertiary/aromatic N) is 1. The number of methoxy groups -OCH3 is 1. The van der Waals surface area contributed by atoms with Crippen molar-refractivity contribution in [2.24, 2.45) is 4.99 Å². The van der Waals surface area contributed by atoms with E-state index in [0.29, 0.717) is 13.2 Å². The molecule has 0 heterocycles. The molecule has 0 saturated carbocycles. The average Bonchev–Trinajstić information content (AvgIpc) is 2.55. The second kappa shape index (κ2) is 13.3. The fourth-order valence-corrected chi connectivity index (χ4v) is 2.08. The monoisotopic (exact) mass is 435 g/mol. The van der Waals surface area contributed by atoms with E-state index in [-0.39, 0.29) is 24.0 Å². The third-order valence-electron chi connectivity index (χ3n) is 3.28. The predicted octanol–water partition coefficient (Wildman–Crippen LogP) is 3.57. The van der Waals surface area contributed by atoms with Crippen LogP contribution >= 0.6 is 24.0 Å². The van der Waals surface area contributed by atoms with E-state index in [0.717, 1.165) is 36.0 Å². The molecule has 0 aliphatic rings. The summed E-state index contributed by atoms with van der Waals surface area (Å²) >= 11 is 0. The number of hydrogen-bond donors (Lipinski definition) is 2. The molecule has 0 aliphatic heterocycles. The summed E-state index contributed by atoms with van der Waals surface area (Å²) in [6.45, 7) is 6.42. The minimum atomic E-state index is 0. The van der Waals surface area contributed by atoms with E-state index in [2.05, 4.69) is 22.5 Å². The molecule has 5 nitrogen and oxygen atoms in total. The number of unbranched alkanes of at least 4 members (excludes halogenated alkanes) is 2. The molecule has 0 unspecified atom stereocenters. The summed E-state index contributed by atoms with van der Waals surface area (Å²) in [6, 6.07) is 5.96. The molecule has 0 bridgehead atoms. The van der Waals surface area contributed by atoms with Gasteiger partial charge in [-0.3, -0.25) is 4.99 Å². The molecule has 0 fully saturated rings. The lowest BCUT2D eigenvalue weighted by Crippen LogP contribution is -2.37. The standard InChI is InChI=1S/C17H29N3O2.HI/c1-5-7-8-11-19-17(18-3)20-13-14-9-10-15(22-6-2)16(12-14)21-4;/h9-10,12H,5-8,11,13H2,1-4H3,(H2,18,19,20);1H. The van der Waals surface area contributed by atoms with Crippen LogP contribution in [0.5, 0.6) is 11.5 Å². The van der Waals surface area contributed by atoms with Gasteiger partial charge in [-0.05, 0) is 31.0 Å². The molecule has 1 aromatic carbocycles. The number of ether oxygens (including phenoxy) is 2. The molecule has 0 aromatic heterocycles. The summed E-state index contributed by atoms with van der Waals surface area (Å²) < 4.78 is 10.9. The first-order valence-corrected chi connectivity index (χ1v) is 7.99. The summed E-state index contributed by atoms with van der Waals surface area (Å²) in [4.78, 5) is 4.23. The second-order valence-electron chi connectivity index (χ2n) is 4.98. The van der Waals surface area contributed by atoms with Crippen LogP contribution in [-0.2, 0) is 6.54 Å². The van der Waals surface area contributed by atoms with Crippen LogP contribution in [0.15, 0.2) is 23.2 Å². The van der Waals surface area contributed by atoms with Crippen molar-refractivity contribution in [2.75, 3.05) is 27.3 Å². The van der Waals surface area contributed by atoms with E-state index in [9.17, 15) is 0 Å². The van der Waals surface area contributed by atoms with Crippen molar-refractivity contribution in [3.63, 3.8) is 0 Å². The topological polar surface area (TPSA) is 54.9 Å². The molecule has 0 spiro atoms. The third-order valence-corrected chi connectivity index (χ3v) is 3.28. The van der Waals surface area contributed by atoms with Crippen LogP contribution < -0.4 is 20.1 Å². The number of benzene rings is 1. The molecule has 0 radical (unpaired) electrons. The summed E-state index contributed by atoms with van der Waals surface area (Å²) in [5.74, 6) is 2.35. The highest BCUT2D eigenvalue weighted by Crippen LogP contribution is 2.27. The highest BCUT2D eigenvalue weighted by Gasteiger charge is 2.05. The fourth-order valence-electron chi connectivity index (χ4n) is 2.08. The van der Waals surface area contributed by atoms with Crippen LogP contribution in [0.4, 0.5) is 0 Å². The third kappa shape index (κ3) is 8.29. The molecule has 0 amide bonds. The smallest absolute Gasteiger partial charge is 0.191 e. The number of rotatable bonds is 9. The predicted molar refractivity (Wildman–Crippen MR) is 107 cm³/mol. The SMILES string of the molecule is CCCCCNC(=NC)NCc1ccc(OCC)c(OC)c1.I. The van der Waals surface area contributed by atoms with Crippen molar-refractivity contribution in [1.82, 2.24) is 10.6 Å². The second-order valence-corrected chi connectivity index (χ2v) is 4.98. The van der Waals surface area contributed by atoms with Crippen molar-refractivity contribution >= 4 is 29.9 Å². The Kier molecular flexibility index (Phi) is 12.6. The molecule has 1 rings (SSSR count). The van der Waals surface area contributed by atoms with E-state index in [1.807, 2.05) is 25.1 Å². The van der Waals surface area contributed by atoms with Gasteiger partial charge in [0.15, 0.2) is 17.5 Å². The van der Waals surface area contributed by atoms with E-state index in [1.54, 1.807) is 14.2 Å². The number of halogens is 1. The first kappa shape index (κ1) is 21.8. The highest BCUT2D eigenvalue weighted by molar-refractivity contribution is 14.0. The number of aliphatic imine (C=N–C) groups is 1. The Morgan fingerprint density at radius 1 is 1.13 bits per heavy atom. The summed E-state index contributed by atoms with van der Waals surface area (Å²) in [7, 11) is 3.44. The maximum absolute atomic E-state index is 5.52. The quantitative estimate of drug-likeness (QED) is 0.270. The van der Waals surface area contributed by atoms with Gasteiger partial charge in [-0.1, -0.05) is 25.8 Å². The first-order valence-electron chi connectivity index (χ1n) is 7.99. The first-order chi connectivity index (χ1) is 10.7. The Morgan fingerprint density at radius 2 is 1.91 bits per heavy atom. The molecular weight excluding hydrogens is 405 g/mol. The van der Waals surface area contributed by atoms with Crippen molar-refractivity contribution < 1.29 is 9.47 Å². The zero-order valence-electron chi connectivity index (χ0n) is 14.6. The van der Waals surface area contributed by atoms with Gasteiger partial charge in [-0.15, -0.1) is 24.0 Å². The van der Waals surface area contributed by atoms with Crippen LogP contribution in [0.1, 0.15) is 38.7 Å². The number of nitrogens with one attached hydrogen (secondary N) is 2. The normalized spacial score (nSPS) is 10.7. The van der Waals surface area contributed by atoms with Crippen molar-refractivity contribution in [3.8, 4) is 11.5 Å². The van der Waals surface area contributed by atoms with Gasteiger partial charge in [0, 0.05) is 20.1 Å². The van der Waals surface area contributed by atoms with Gasteiger partial charge >= 0.3 is 0 Å². The summed E-state index contributed by atoms with van der Waals surface area (Å²) in [5, 5.41) is 6.63. The van der Waals surface area contributed by atoms with Gasteiger partial charge in [-0.2, -0.15) is 0 Å². The molecule has 132 valence electrons. The van der Waals surface area contributed by atoms with Crippen molar-refractivity contribution in [3.05, 3.63) is 23.8 Å². The van der Waals surface area contributed by atoms with Gasteiger partial charge < -0.3 is 20.1 Å². The van der Waals surface area contributed by atoms with Gasteiger partial charge in [-0.25, -0.2) is 0 Å². The lowest BCUT2D eigenvalue weighted by Gasteiger charge is -2.14. The Balaban J connectivity index is 0.00000484.